The molecule has 0 radical (unpaired) electrons. The number of hydrogen-bond acceptors (Lipinski definition) is 5. The molecule has 2 N–H and O–H groups in total. The lowest BCUT2D eigenvalue weighted by Gasteiger charge is -2.31. The van der Waals surface area contributed by atoms with Crippen LogP contribution in [-0.2, 0) is 11.2 Å². The summed E-state index contributed by atoms with van der Waals surface area (Å²) in [7, 11) is 5.99. The van der Waals surface area contributed by atoms with Gasteiger partial charge < -0.3 is 19.8 Å². The maximum absolute atomic E-state index is 10.5. The highest BCUT2D eigenvalue weighted by Gasteiger charge is 2.45. The lowest BCUT2D eigenvalue weighted by Crippen LogP contribution is -2.49. The highest BCUT2D eigenvalue weighted by molar-refractivity contribution is 5.85. The fourth-order valence-electron chi connectivity index (χ4n) is 3.13. The molecule has 0 aromatic heterocycles. The van der Waals surface area contributed by atoms with Gasteiger partial charge in [0.05, 0.1) is 18.8 Å². The van der Waals surface area contributed by atoms with Gasteiger partial charge in [-0.05, 0) is 33.1 Å². The largest absolute Gasteiger partial charge is 0.394 e. The fraction of sp³-hybridized carbons (Fsp3) is 0.647. The van der Waals surface area contributed by atoms with E-state index in [1.165, 1.54) is 5.56 Å². The Morgan fingerprint density at radius 2 is 1.67 bits per heavy atom. The van der Waals surface area contributed by atoms with Crippen molar-refractivity contribution in [1.82, 2.24) is 9.80 Å². The van der Waals surface area contributed by atoms with Crippen LogP contribution in [0.25, 0.3) is 0 Å². The summed E-state index contributed by atoms with van der Waals surface area (Å²) < 4.78 is 5.84. The molecule has 5 nitrogen and oxygen atoms in total. The second-order valence-electron chi connectivity index (χ2n) is 6.36. The molecule has 1 aliphatic heterocycles. The average Bonchev–Trinajstić information content (AvgIpc) is 2.81. The first-order valence-electron chi connectivity index (χ1n) is 7.86. The minimum Gasteiger partial charge on any atom is -0.394 e. The smallest absolute Gasteiger partial charge is 0.109 e. The molecule has 1 aromatic rings. The van der Waals surface area contributed by atoms with Crippen LogP contribution in [0.3, 0.4) is 0 Å². The van der Waals surface area contributed by atoms with Gasteiger partial charge in [0.1, 0.15) is 12.2 Å². The minimum absolute atomic E-state index is 0. The molecule has 1 aromatic carbocycles. The van der Waals surface area contributed by atoms with Crippen LogP contribution in [0.2, 0.25) is 0 Å². The van der Waals surface area contributed by atoms with Crippen molar-refractivity contribution < 1.29 is 14.9 Å². The lowest BCUT2D eigenvalue weighted by molar-refractivity contribution is -0.0273. The van der Waals surface area contributed by atoms with Gasteiger partial charge >= 0.3 is 0 Å². The number of halogens is 2. The lowest BCUT2D eigenvalue weighted by atomic mass is 10.0. The normalized spacial score (nSPS) is 26.3. The number of benzene rings is 1. The number of aliphatic hydroxyl groups excluding tert-OH is 2. The van der Waals surface area contributed by atoms with Crippen LogP contribution in [-0.4, -0.2) is 85.2 Å². The van der Waals surface area contributed by atoms with Crippen molar-refractivity contribution in [1.29, 1.82) is 0 Å². The molecule has 0 saturated carbocycles. The predicted molar refractivity (Wildman–Crippen MR) is 101 cm³/mol. The maximum atomic E-state index is 10.5. The Kier molecular flexibility index (Phi) is 11.1. The van der Waals surface area contributed by atoms with Crippen molar-refractivity contribution in [3.8, 4) is 0 Å². The van der Waals surface area contributed by atoms with E-state index in [2.05, 4.69) is 21.9 Å². The van der Waals surface area contributed by atoms with Crippen molar-refractivity contribution in [3.63, 3.8) is 0 Å². The molecule has 1 fully saturated rings. The summed E-state index contributed by atoms with van der Waals surface area (Å²) in [5, 5.41) is 19.8. The third-order valence-electron chi connectivity index (χ3n) is 4.29. The van der Waals surface area contributed by atoms with Crippen molar-refractivity contribution >= 4 is 24.8 Å². The van der Waals surface area contributed by atoms with E-state index in [1.807, 2.05) is 39.3 Å². The van der Waals surface area contributed by atoms with E-state index in [9.17, 15) is 10.2 Å². The Balaban J connectivity index is 0.00000264. The van der Waals surface area contributed by atoms with Gasteiger partial charge in [-0.3, -0.25) is 4.90 Å². The Hall–Kier alpha value is -0.400. The quantitative estimate of drug-likeness (QED) is 0.740. The maximum Gasteiger partial charge on any atom is 0.109 e. The van der Waals surface area contributed by atoms with Crippen LogP contribution in [0.1, 0.15) is 5.56 Å². The summed E-state index contributed by atoms with van der Waals surface area (Å²) in [5.41, 5.74) is 1.28. The van der Waals surface area contributed by atoms with E-state index in [4.69, 9.17) is 4.74 Å². The molecule has 1 saturated heterocycles. The summed E-state index contributed by atoms with van der Waals surface area (Å²) in [4.78, 5) is 4.21. The summed E-state index contributed by atoms with van der Waals surface area (Å²) >= 11 is 0. The molecule has 140 valence electrons. The van der Waals surface area contributed by atoms with Gasteiger partial charge in [0.25, 0.3) is 0 Å². The topological polar surface area (TPSA) is 56.2 Å². The molecule has 0 unspecified atom stereocenters. The van der Waals surface area contributed by atoms with Gasteiger partial charge in [-0.25, -0.2) is 0 Å². The van der Waals surface area contributed by atoms with E-state index in [1.54, 1.807) is 0 Å². The van der Waals surface area contributed by atoms with Crippen molar-refractivity contribution in [3.05, 3.63) is 35.9 Å². The van der Waals surface area contributed by atoms with Gasteiger partial charge in [0.15, 0.2) is 0 Å². The predicted octanol–water partition coefficient (Wildman–Crippen LogP) is 1.06. The summed E-state index contributed by atoms with van der Waals surface area (Å²) in [6.45, 7) is 1.43. The van der Waals surface area contributed by atoms with Crippen LogP contribution in [0.4, 0.5) is 0 Å². The Bertz CT molecular complexity index is 451. The summed E-state index contributed by atoms with van der Waals surface area (Å²) in [5.74, 6) is 0. The minimum atomic E-state index is -0.657. The fourth-order valence-corrected chi connectivity index (χ4v) is 3.13. The van der Waals surface area contributed by atoms with E-state index < -0.39 is 12.2 Å². The molecule has 0 bridgehead atoms. The number of nitrogens with zero attached hydrogens (tertiary/aromatic N) is 2. The Labute approximate surface area is 157 Å². The number of rotatable bonds is 7. The van der Waals surface area contributed by atoms with Crippen molar-refractivity contribution in [2.45, 2.75) is 30.8 Å². The SMILES string of the molecule is CN(C)C[C@H]1O[C@@H](CO)[C@@H](O)[C@H]1N(C)CCc1ccccc1.Cl.Cl. The van der Waals surface area contributed by atoms with E-state index >= 15 is 0 Å². The van der Waals surface area contributed by atoms with E-state index in [0.29, 0.717) is 0 Å². The van der Waals surface area contributed by atoms with Crippen LogP contribution < -0.4 is 0 Å². The molecule has 24 heavy (non-hydrogen) atoms. The highest BCUT2D eigenvalue weighted by atomic mass is 35.5. The Morgan fingerprint density at radius 3 is 2.21 bits per heavy atom. The number of hydrogen-bond donors (Lipinski definition) is 2. The Morgan fingerprint density at radius 1 is 1.04 bits per heavy atom. The second-order valence-corrected chi connectivity index (χ2v) is 6.36. The van der Waals surface area contributed by atoms with Gasteiger partial charge in [0.2, 0.25) is 0 Å². The van der Waals surface area contributed by atoms with Crippen LogP contribution in [0, 0.1) is 0 Å². The van der Waals surface area contributed by atoms with E-state index in [0.717, 1.165) is 19.5 Å². The zero-order valence-corrected chi connectivity index (χ0v) is 16.2. The molecule has 0 amide bonds. The van der Waals surface area contributed by atoms with Crippen LogP contribution in [0.5, 0.6) is 0 Å². The highest BCUT2D eigenvalue weighted by Crippen LogP contribution is 2.25. The second kappa shape index (κ2) is 11.3. The third kappa shape index (κ3) is 6.15. The number of likely N-dealkylation sites (N-methyl/N-ethyl adjacent to an activating group) is 2. The van der Waals surface area contributed by atoms with Gasteiger partial charge in [0, 0.05) is 13.1 Å². The molecular formula is C17H30Cl2N2O3. The van der Waals surface area contributed by atoms with Crippen LogP contribution in [0.15, 0.2) is 30.3 Å². The zero-order chi connectivity index (χ0) is 16.1. The third-order valence-corrected chi connectivity index (χ3v) is 4.29. The molecule has 7 heteroatoms. The number of aliphatic hydroxyl groups is 2. The van der Waals surface area contributed by atoms with Crippen LogP contribution >= 0.6 is 24.8 Å². The summed E-state index contributed by atoms with van der Waals surface area (Å²) in [6, 6.07) is 10.2. The molecule has 0 aliphatic carbocycles. The van der Waals surface area contributed by atoms with Gasteiger partial charge in [-0.15, -0.1) is 24.8 Å². The first kappa shape index (κ1) is 23.6. The molecule has 4 atom stereocenters. The zero-order valence-electron chi connectivity index (χ0n) is 14.5. The van der Waals surface area contributed by atoms with Crippen molar-refractivity contribution in [2.75, 3.05) is 40.8 Å². The average molecular weight is 381 g/mol. The summed E-state index contributed by atoms with van der Waals surface area (Å²) in [6.07, 6.45) is -0.313. The molecule has 2 rings (SSSR count). The van der Waals surface area contributed by atoms with Crippen molar-refractivity contribution in [2.24, 2.45) is 0 Å². The van der Waals surface area contributed by atoms with Gasteiger partial charge in [-0.1, -0.05) is 30.3 Å². The number of ether oxygens (including phenoxy) is 1. The molecule has 1 heterocycles. The molecule has 0 spiro atoms. The molecule has 1 aliphatic rings. The first-order valence-corrected chi connectivity index (χ1v) is 7.86. The standard InChI is InChI=1S/C17H28N2O3.2ClH/c1-18(2)11-14-16(17(21)15(12-20)22-14)19(3)10-9-13-7-5-4-6-8-13;;/h4-8,14-17,20-21H,9-12H2,1-3H3;2*1H/t14-,15+,16+,17-;;/m1../s1. The van der Waals surface area contributed by atoms with E-state index in [-0.39, 0.29) is 43.6 Å². The van der Waals surface area contributed by atoms with Gasteiger partial charge in [-0.2, -0.15) is 0 Å². The molecular weight excluding hydrogens is 351 g/mol. The first-order chi connectivity index (χ1) is 10.5. The monoisotopic (exact) mass is 380 g/mol.